The molecule has 0 bridgehead atoms. The van der Waals surface area contributed by atoms with Crippen LogP contribution >= 0.6 is 0 Å². The Hall–Kier alpha value is -2.92. The highest BCUT2D eigenvalue weighted by atomic mass is 16.5. The first-order valence-electron chi connectivity index (χ1n) is 5.53. The van der Waals surface area contributed by atoms with Crippen molar-refractivity contribution >= 4 is 0 Å². The molecule has 0 aliphatic heterocycles. The number of nitrogens with zero attached hydrogens (tertiary/aromatic N) is 4. The molecule has 0 fully saturated rings. The third kappa shape index (κ3) is 2.36. The van der Waals surface area contributed by atoms with E-state index in [1.807, 2.05) is 24.3 Å². The van der Waals surface area contributed by atoms with Crippen molar-refractivity contribution in [2.75, 3.05) is 7.11 Å². The molecule has 1 aromatic carbocycles. The molecule has 92 valence electrons. The fraction of sp³-hybridized carbons (Fsp3) is 0.143. The van der Waals surface area contributed by atoms with Gasteiger partial charge in [-0.1, -0.05) is 0 Å². The fourth-order valence-corrected chi connectivity index (χ4v) is 1.70. The van der Waals surface area contributed by atoms with Crippen LogP contribution in [-0.2, 0) is 0 Å². The highest BCUT2D eigenvalue weighted by molar-refractivity contribution is 5.63. The van der Waals surface area contributed by atoms with E-state index in [9.17, 15) is 0 Å². The Balaban J connectivity index is 2.56. The maximum Gasteiger partial charge on any atom is 0.177 e. The lowest BCUT2D eigenvalue weighted by atomic mass is 10.1. The standard InChI is InChI=1S/C14H10N4O/c1-9-14(10-3-5-11(19-2)6-4-10)18-13(8-16)12(7-15)17-9/h3-6H,1-2H3. The molecule has 0 saturated heterocycles. The average molecular weight is 250 g/mol. The van der Waals surface area contributed by atoms with Crippen molar-refractivity contribution in [3.63, 3.8) is 0 Å². The number of nitriles is 2. The summed E-state index contributed by atoms with van der Waals surface area (Å²) in [5, 5.41) is 17.9. The highest BCUT2D eigenvalue weighted by Gasteiger charge is 2.12. The predicted molar refractivity (Wildman–Crippen MR) is 68.2 cm³/mol. The molecule has 0 atom stereocenters. The van der Waals surface area contributed by atoms with Gasteiger partial charge in [-0.15, -0.1) is 0 Å². The first-order valence-corrected chi connectivity index (χ1v) is 5.53. The van der Waals surface area contributed by atoms with Crippen LogP contribution in [0.2, 0.25) is 0 Å². The van der Waals surface area contributed by atoms with Crippen LogP contribution in [0.1, 0.15) is 17.1 Å². The summed E-state index contributed by atoms with van der Waals surface area (Å²) in [4.78, 5) is 8.30. The van der Waals surface area contributed by atoms with E-state index in [2.05, 4.69) is 9.97 Å². The molecular formula is C14H10N4O. The first-order chi connectivity index (χ1) is 9.19. The monoisotopic (exact) mass is 250 g/mol. The van der Waals surface area contributed by atoms with Crippen LogP contribution in [0.15, 0.2) is 24.3 Å². The van der Waals surface area contributed by atoms with Gasteiger partial charge < -0.3 is 4.74 Å². The SMILES string of the molecule is COc1ccc(-c2nc(C#N)c(C#N)nc2C)cc1. The molecule has 5 heteroatoms. The van der Waals surface area contributed by atoms with Gasteiger partial charge in [0.15, 0.2) is 11.4 Å². The van der Waals surface area contributed by atoms with E-state index in [0.717, 1.165) is 11.3 Å². The molecule has 0 radical (unpaired) electrons. The molecule has 0 spiro atoms. The summed E-state index contributed by atoms with van der Waals surface area (Å²) in [6.45, 7) is 1.76. The molecule has 0 N–H and O–H groups in total. The second kappa shape index (κ2) is 5.16. The van der Waals surface area contributed by atoms with E-state index in [0.29, 0.717) is 11.4 Å². The number of rotatable bonds is 2. The smallest absolute Gasteiger partial charge is 0.177 e. The Labute approximate surface area is 110 Å². The summed E-state index contributed by atoms with van der Waals surface area (Å²) in [5.41, 5.74) is 2.13. The van der Waals surface area contributed by atoms with E-state index in [-0.39, 0.29) is 11.4 Å². The van der Waals surface area contributed by atoms with Gasteiger partial charge in [-0.05, 0) is 31.2 Å². The predicted octanol–water partition coefficient (Wildman–Crippen LogP) is 2.20. The van der Waals surface area contributed by atoms with E-state index in [1.54, 1.807) is 26.2 Å². The minimum absolute atomic E-state index is 0.0407. The topological polar surface area (TPSA) is 82.6 Å². The van der Waals surface area contributed by atoms with Crippen LogP contribution in [0.5, 0.6) is 5.75 Å². The normalized spacial score (nSPS) is 9.47. The lowest BCUT2D eigenvalue weighted by Crippen LogP contribution is -2.00. The van der Waals surface area contributed by atoms with Crippen molar-refractivity contribution in [2.24, 2.45) is 0 Å². The maximum atomic E-state index is 8.97. The molecule has 0 aliphatic carbocycles. The molecule has 0 aliphatic rings. The van der Waals surface area contributed by atoms with Crippen LogP contribution in [-0.4, -0.2) is 17.1 Å². The fourth-order valence-electron chi connectivity index (χ4n) is 1.70. The van der Waals surface area contributed by atoms with Crippen LogP contribution in [0.4, 0.5) is 0 Å². The molecular weight excluding hydrogens is 240 g/mol. The minimum atomic E-state index is 0.0407. The first kappa shape index (κ1) is 12.5. The zero-order valence-corrected chi connectivity index (χ0v) is 10.5. The Kier molecular flexibility index (Phi) is 3.40. The molecule has 19 heavy (non-hydrogen) atoms. The Morgan fingerprint density at radius 3 is 2.11 bits per heavy atom. The summed E-state index contributed by atoms with van der Waals surface area (Å²) in [6, 6.07) is 11.0. The van der Waals surface area contributed by atoms with Gasteiger partial charge in [-0.2, -0.15) is 10.5 Å². The molecule has 0 unspecified atom stereocenters. The molecule has 2 aromatic rings. The zero-order valence-electron chi connectivity index (χ0n) is 10.5. The summed E-state index contributed by atoms with van der Waals surface area (Å²) in [6.07, 6.45) is 0. The van der Waals surface area contributed by atoms with Crippen molar-refractivity contribution < 1.29 is 4.74 Å². The second-order valence-corrected chi connectivity index (χ2v) is 3.81. The lowest BCUT2D eigenvalue weighted by molar-refractivity contribution is 0.415. The number of benzene rings is 1. The van der Waals surface area contributed by atoms with Crippen LogP contribution in [0.3, 0.4) is 0 Å². The molecule has 0 amide bonds. The number of hydrogen-bond donors (Lipinski definition) is 0. The van der Waals surface area contributed by atoms with E-state index in [1.165, 1.54) is 0 Å². The van der Waals surface area contributed by atoms with Crippen LogP contribution < -0.4 is 4.74 Å². The zero-order chi connectivity index (χ0) is 13.8. The second-order valence-electron chi connectivity index (χ2n) is 3.81. The summed E-state index contributed by atoms with van der Waals surface area (Å²) in [7, 11) is 1.59. The van der Waals surface area contributed by atoms with Crippen LogP contribution in [0, 0.1) is 29.6 Å². The van der Waals surface area contributed by atoms with Gasteiger partial charge in [0, 0.05) is 5.56 Å². The van der Waals surface area contributed by atoms with E-state index < -0.39 is 0 Å². The van der Waals surface area contributed by atoms with Gasteiger partial charge in [-0.25, -0.2) is 9.97 Å². The molecule has 5 nitrogen and oxygen atoms in total. The van der Waals surface area contributed by atoms with Crippen molar-refractivity contribution in [1.82, 2.24) is 9.97 Å². The van der Waals surface area contributed by atoms with Gasteiger partial charge in [0.05, 0.1) is 18.5 Å². The highest BCUT2D eigenvalue weighted by Crippen LogP contribution is 2.23. The molecule has 0 saturated carbocycles. The summed E-state index contributed by atoms with van der Waals surface area (Å²) in [5.74, 6) is 0.739. The largest absolute Gasteiger partial charge is 0.497 e. The van der Waals surface area contributed by atoms with E-state index >= 15 is 0 Å². The van der Waals surface area contributed by atoms with E-state index in [4.69, 9.17) is 15.3 Å². The van der Waals surface area contributed by atoms with Gasteiger partial charge in [0.1, 0.15) is 17.9 Å². The number of methoxy groups -OCH3 is 1. The number of hydrogen-bond acceptors (Lipinski definition) is 5. The molecule has 1 heterocycles. The minimum Gasteiger partial charge on any atom is -0.497 e. The third-order valence-corrected chi connectivity index (χ3v) is 2.65. The summed E-state index contributed by atoms with van der Waals surface area (Å²) >= 11 is 0. The average Bonchev–Trinajstić information content (AvgIpc) is 2.47. The quantitative estimate of drug-likeness (QED) is 0.815. The lowest BCUT2D eigenvalue weighted by Gasteiger charge is -2.06. The summed E-state index contributed by atoms with van der Waals surface area (Å²) < 4.78 is 5.09. The maximum absolute atomic E-state index is 8.97. The molecule has 1 aromatic heterocycles. The van der Waals surface area contributed by atoms with Crippen LogP contribution in [0.25, 0.3) is 11.3 Å². The number of aryl methyl sites for hydroxylation is 1. The number of ether oxygens (including phenoxy) is 1. The van der Waals surface area contributed by atoms with Gasteiger partial charge in [-0.3, -0.25) is 0 Å². The van der Waals surface area contributed by atoms with Crippen molar-refractivity contribution in [3.05, 3.63) is 41.3 Å². The van der Waals surface area contributed by atoms with Crippen molar-refractivity contribution in [1.29, 1.82) is 10.5 Å². The van der Waals surface area contributed by atoms with Gasteiger partial charge >= 0.3 is 0 Å². The van der Waals surface area contributed by atoms with Crippen molar-refractivity contribution in [3.8, 4) is 29.1 Å². The Morgan fingerprint density at radius 1 is 1.00 bits per heavy atom. The van der Waals surface area contributed by atoms with Gasteiger partial charge in [0.2, 0.25) is 0 Å². The Bertz CT molecular complexity index is 693. The Morgan fingerprint density at radius 2 is 1.58 bits per heavy atom. The number of aromatic nitrogens is 2. The van der Waals surface area contributed by atoms with Crippen molar-refractivity contribution in [2.45, 2.75) is 6.92 Å². The third-order valence-electron chi connectivity index (χ3n) is 2.65. The van der Waals surface area contributed by atoms with Gasteiger partial charge in [0.25, 0.3) is 0 Å². The molecule has 2 rings (SSSR count).